The standard InChI is InChI=1S/C9H14N2O2.2C2HF3O2.Pd/c1-9(2,7-10-3-5-12-7)8-11-4-6-13-8;2*3-2(4,5)1(6)7;/h3-6H2,1-2H3;2*(H,6,7);/q;;;+2/p-2. The largest absolute Gasteiger partial charge is 2.00 e. The van der Waals surface area contributed by atoms with Crippen LogP contribution in [0.25, 0.3) is 0 Å². The Labute approximate surface area is 168 Å². The molecule has 28 heavy (non-hydrogen) atoms. The minimum absolute atomic E-state index is 0. The minimum atomic E-state index is -5.19. The molecule has 8 nitrogen and oxygen atoms in total. The van der Waals surface area contributed by atoms with E-state index in [-0.39, 0.29) is 25.8 Å². The molecule has 0 radical (unpaired) electrons. The fraction of sp³-hybridized carbons (Fsp3) is 0.692. The third-order valence-corrected chi connectivity index (χ3v) is 2.70. The van der Waals surface area contributed by atoms with Crippen LogP contribution in [-0.2, 0) is 39.5 Å². The number of carbonyl (C=O) groups is 2. The molecule has 0 saturated carbocycles. The number of carbonyl (C=O) groups excluding carboxylic acids is 2. The van der Waals surface area contributed by atoms with E-state index in [4.69, 9.17) is 29.3 Å². The first-order valence-corrected chi connectivity index (χ1v) is 7.02. The Bertz CT molecular complexity index is 553. The zero-order chi connectivity index (χ0) is 21.5. The molecular formula is C13H14F6N2O6Pd. The van der Waals surface area contributed by atoms with Gasteiger partial charge in [0, 0.05) is 0 Å². The fourth-order valence-electron chi connectivity index (χ4n) is 1.52. The summed E-state index contributed by atoms with van der Waals surface area (Å²) in [5, 5.41) is 17.6. The molecule has 0 unspecified atom stereocenters. The summed E-state index contributed by atoms with van der Waals surface area (Å²) in [7, 11) is 0. The summed E-state index contributed by atoms with van der Waals surface area (Å²) >= 11 is 0. The summed E-state index contributed by atoms with van der Waals surface area (Å²) in [6, 6.07) is 0. The summed E-state index contributed by atoms with van der Waals surface area (Å²) in [5.41, 5.74) is -0.285. The van der Waals surface area contributed by atoms with Crippen LogP contribution >= 0.6 is 0 Å². The van der Waals surface area contributed by atoms with Crippen LogP contribution in [0, 0.1) is 5.41 Å². The number of aliphatic carboxylic acids is 2. The van der Waals surface area contributed by atoms with Gasteiger partial charge in [-0.25, -0.2) is 0 Å². The van der Waals surface area contributed by atoms with Gasteiger partial charge in [-0.15, -0.1) is 0 Å². The van der Waals surface area contributed by atoms with Gasteiger partial charge in [-0.05, 0) is 13.8 Å². The van der Waals surface area contributed by atoms with Crippen molar-refractivity contribution in [3.05, 3.63) is 0 Å². The van der Waals surface area contributed by atoms with Crippen molar-refractivity contribution >= 4 is 23.7 Å². The zero-order valence-electron chi connectivity index (χ0n) is 14.3. The summed E-state index contributed by atoms with van der Waals surface area (Å²) in [4.78, 5) is 26.1. The fourth-order valence-corrected chi connectivity index (χ4v) is 1.52. The molecule has 0 aromatic rings. The van der Waals surface area contributed by atoms with Gasteiger partial charge in [0.25, 0.3) is 0 Å². The molecule has 0 fully saturated rings. The number of halogens is 6. The van der Waals surface area contributed by atoms with Gasteiger partial charge in [-0.3, -0.25) is 9.98 Å². The molecule has 2 aliphatic rings. The third-order valence-electron chi connectivity index (χ3n) is 2.70. The van der Waals surface area contributed by atoms with Crippen LogP contribution in [0.5, 0.6) is 0 Å². The van der Waals surface area contributed by atoms with Crippen LogP contribution in [0.3, 0.4) is 0 Å². The number of ether oxygens (including phenoxy) is 2. The van der Waals surface area contributed by atoms with Gasteiger partial charge in [-0.1, -0.05) is 0 Å². The van der Waals surface area contributed by atoms with E-state index in [1.165, 1.54) is 0 Å². The number of alkyl halides is 6. The molecule has 0 atom stereocenters. The van der Waals surface area contributed by atoms with Crippen molar-refractivity contribution in [2.24, 2.45) is 15.4 Å². The van der Waals surface area contributed by atoms with E-state index in [2.05, 4.69) is 9.98 Å². The first-order chi connectivity index (χ1) is 12.1. The molecule has 2 heterocycles. The number of carboxylic acid groups (broad SMARTS) is 2. The second-order valence-corrected chi connectivity index (χ2v) is 5.27. The summed E-state index contributed by atoms with van der Waals surface area (Å²) in [6.07, 6.45) is -10.4. The van der Waals surface area contributed by atoms with E-state index >= 15 is 0 Å². The van der Waals surface area contributed by atoms with E-state index < -0.39 is 24.3 Å². The first-order valence-electron chi connectivity index (χ1n) is 7.02. The van der Waals surface area contributed by atoms with Crippen molar-refractivity contribution in [2.75, 3.05) is 26.3 Å². The maximum atomic E-state index is 10.5. The predicted octanol–water partition coefficient (Wildman–Crippen LogP) is -0.535. The number of hydrogen-bond acceptors (Lipinski definition) is 8. The maximum Gasteiger partial charge on any atom is 2.00 e. The molecular weight excluding hydrogens is 501 g/mol. The van der Waals surface area contributed by atoms with Crippen molar-refractivity contribution in [1.82, 2.24) is 0 Å². The van der Waals surface area contributed by atoms with Crippen LogP contribution in [0.15, 0.2) is 9.98 Å². The Morgan fingerprint density at radius 1 is 0.821 bits per heavy atom. The second-order valence-electron chi connectivity index (χ2n) is 5.27. The molecule has 0 aromatic heterocycles. The van der Waals surface area contributed by atoms with Gasteiger partial charge >= 0.3 is 32.8 Å². The Balaban J connectivity index is 0. The van der Waals surface area contributed by atoms with Crippen molar-refractivity contribution in [3.8, 4) is 0 Å². The van der Waals surface area contributed by atoms with Gasteiger partial charge in [0.1, 0.15) is 30.6 Å². The SMILES string of the molecule is CC(C)(C1=NCCO1)C1=NCCO1.O=C([O-])C(F)(F)F.O=C([O-])C(F)(F)F.[Pd+2]. The third kappa shape index (κ3) is 9.88. The van der Waals surface area contributed by atoms with E-state index in [0.29, 0.717) is 13.2 Å². The summed E-state index contributed by atoms with van der Waals surface area (Å²) < 4.78 is 73.9. The Kier molecular flexibility index (Phi) is 11.3. The average molecular weight is 515 g/mol. The number of aliphatic imine (C=N–C) groups is 2. The number of hydrogen-bond donors (Lipinski definition) is 0. The topological polar surface area (TPSA) is 123 Å². The first kappa shape index (κ1) is 28.3. The van der Waals surface area contributed by atoms with Crippen LogP contribution in [0.2, 0.25) is 0 Å². The number of nitrogens with zero attached hydrogens (tertiary/aromatic N) is 2. The Morgan fingerprint density at radius 3 is 1.21 bits per heavy atom. The van der Waals surface area contributed by atoms with Gasteiger partial charge < -0.3 is 29.3 Å². The molecule has 0 N–H and O–H groups in total. The molecule has 0 aliphatic carbocycles. The van der Waals surface area contributed by atoms with E-state index in [1.54, 1.807) is 0 Å². The van der Waals surface area contributed by atoms with E-state index in [0.717, 1.165) is 24.9 Å². The predicted molar refractivity (Wildman–Crippen MR) is 72.4 cm³/mol. The molecule has 0 bridgehead atoms. The van der Waals surface area contributed by atoms with Crippen LogP contribution in [-0.4, -0.2) is 62.4 Å². The summed E-state index contributed by atoms with van der Waals surface area (Å²) in [6.45, 7) is 6.94. The van der Waals surface area contributed by atoms with Gasteiger partial charge in [-0.2, -0.15) is 26.3 Å². The molecule has 0 saturated heterocycles. The minimum Gasteiger partial charge on any atom is -0.542 e. The van der Waals surface area contributed by atoms with Crippen molar-refractivity contribution in [2.45, 2.75) is 26.2 Å². The van der Waals surface area contributed by atoms with E-state index in [9.17, 15) is 26.3 Å². The second kappa shape index (κ2) is 11.2. The smallest absolute Gasteiger partial charge is 0.542 e. The van der Waals surface area contributed by atoms with Gasteiger partial charge in [0.15, 0.2) is 11.8 Å². The molecule has 2 rings (SSSR count). The van der Waals surface area contributed by atoms with Crippen molar-refractivity contribution < 1.29 is 76.0 Å². The van der Waals surface area contributed by atoms with Crippen LogP contribution in [0.4, 0.5) is 26.3 Å². The molecule has 2 aliphatic heterocycles. The van der Waals surface area contributed by atoms with Crippen molar-refractivity contribution in [1.29, 1.82) is 0 Å². The maximum absolute atomic E-state index is 10.5. The summed E-state index contributed by atoms with van der Waals surface area (Å²) in [5.74, 6) is -4.50. The van der Waals surface area contributed by atoms with E-state index in [1.807, 2.05) is 13.8 Å². The van der Waals surface area contributed by atoms with Crippen LogP contribution in [0.1, 0.15) is 13.8 Å². The molecule has 0 amide bonds. The zero-order valence-corrected chi connectivity index (χ0v) is 15.8. The average Bonchev–Trinajstić information content (AvgIpc) is 3.21. The van der Waals surface area contributed by atoms with Crippen LogP contribution < -0.4 is 10.2 Å². The molecule has 0 aromatic carbocycles. The number of rotatable bonds is 2. The normalized spacial score (nSPS) is 15.9. The molecule has 0 spiro atoms. The quantitative estimate of drug-likeness (QED) is 0.360. The Morgan fingerprint density at radius 2 is 1.07 bits per heavy atom. The van der Waals surface area contributed by atoms with Gasteiger partial charge in [0.2, 0.25) is 0 Å². The monoisotopic (exact) mass is 514 g/mol. The molecule has 15 heteroatoms. The van der Waals surface area contributed by atoms with Gasteiger partial charge in [0.05, 0.1) is 13.1 Å². The van der Waals surface area contributed by atoms with Crippen molar-refractivity contribution in [3.63, 3.8) is 0 Å². The molecule has 164 valence electrons. The number of carboxylic acids is 2. The Hall–Kier alpha value is -1.88.